The van der Waals surface area contributed by atoms with Crippen LogP contribution in [-0.2, 0) is 25.7 Å². The van der Waals surface area contributed by atoms with Gasteiger partial charge >= 0.3 is 0 Å². The summed E-state index contributed by atoms with van der Waals surface area (Å²) in [6.45, 7) is 4.80. The smallest absolute Gasteiger partial charge is 0.226 e. The van der Waals surface area contributed by atoms with Gasteiger partial charge in [-0.15, -0.1) is 0 Å². The molecule has 1 aliphatic rings. The van der Waals surface area contributed by atoms with Crippen molar-refractivity contribution in [3.05, 3.63) is 70.6 Å². The molecule has 0 bridgehead atoms. The van der Waals surface area contributed by atoms with Crippen LogP contribution in [0.25, 0.3) is 11.5 Å². The Bertz CT molecular complexity index is 893. The lowest BCUT2D eigenvalue weighted by Crippen LogP contribution is -2.04. The quantitative estimate of drug-likeness (QED) is 0.605. The van der Waals surface area contributed by atoms with Crippen molar-refractivity contribution in [1.29, 1.82) is 0 Å². The number of oxazole rings is 1. The van der Waals surface area contributed by atoms with Crippen molar-refractivity contribution in [1.82, 2.24) is 4.98 Å². The van der Waals surface area contributed by atoms with Crippen LogP contribution in [0, 0.1) is 6.92 Å². The molecule has 0 spiro atoms. The molecule has 0 radical (unpaired) electrons. The number of hydrogen-bond acceptors (Lipinski definition) is 3. The summed E-state index contributed by atoms with van der Waals surface area (Å²) in [6, 6.07) is 14.8. The van der Waals surface area contributed by atoms with Crippen molar-refractivity contribution in [2.45, 2.75) is 46.0 Å². The van der Waals surface area contributed by atoms with Crippen molar-refractivity contribution < 1.29 is 9.15 Å². The molecular formula is C23H25NO2. The van der Waals surface area contributed by atoms with Crippen LogP contribution in [0.3, 0.4) is 0 Å². The normalized spacial score (nSPS) is 13.0. The number of fused-ring (bicyclic) bond motifs is 1. The van der Waals surface area contributed by atoms with Gasteiger partial charge in [-0.2, -0.15) is 0 Å². The SMILES string of the molecule is CCc1oc(-c2ccc(C)cc2)nc1CCOc1ccc2c(c1)CCC2. The molecule has 0 saturated heterocycles. The summed E-state index contributed by atoms with van der Waals surface area (Å²) in [5, 5.41) is 0. The Hall–Kier alpha value is -2.55. The molecule has 2 aromatic carbocycles. The van der Waals surface area contributed by atoms with Crippen LogP contribution in [0.1, 0.15) is 41.5 Å². The van der Waals surface area contributed by atoms with Gasteiger partial charge in [0, 0.05) is 18.4 Å². The summed E-state index contributed by atoms with van der Waals surface area (Å²) >= 11 is 0. The highest BCUT2D eigenvalue weighted by Crippen LogP contribution is 2.27. The predicted molar refractivity (Wildman–Crippen MR) is 104 cm³/mol. The molecule has 1 heterocycles. The average Bonchev–Trinajstić information content (AvgIpc) is 3.28. The third-order valence-electron chi connectivity index (χ3n) is 5.08. The van der Waals surface area contributed by atoms with E-state index in [1.54, 1.807) is 0 Å². The molecule has 0 atom stereocenters. The molecule has 1 aromatic heterocycles. The molecule has 0 unspecified atom stereocenters. The molecule has 3 aromatic rings. The van der Waals surface area contributed by atoms with Gasteiger partial charge in [0.1, 0.15) is 11.5 Å². The fourth-order valence-electron chi connectivity index (χ4n) is 3.58. The van der Waals surface area contributed by atoms with Crippen LogP contribution >= 0.6 is 0 Å². The minimum atomic E-state index is 0.617. The summed E-state index contributed by atoms with van der Waals surface area (Å²) < 4.78 is 12.0. The van der Waals surface area contributed by atoms with E-state index in [4.69, 9.17) is 14.1 Å². The highest BCUT2D eigenvalue weighted by Gasteiger charge is 2.14. The summed E-state index contributed by atoms with van der Waals surface area (Å²) in [7, 11) is 0. The van der Waals surface area contributed by atoms with Crippen molar-refractivity contribution in [3.8, 4) is 17.2 Å². The lowest BCUT2D eigenvalue weighted by Gasteiger charge is -2.07. The monoisotopic (exact) mass is 347 g/mol. The minimum absolute atomic E-state index is 0.617. The number of ether oxygens (including phenoxy) is 1. The van der Waals surface area contributed by atoms with Crippen LogP contribution in [0.5, 0.6) is 5.75 Å². The number of nitrogens with zero attached hydrogens (tertiary/aromatic N) is 1. The van der Waals surface area contributed by atoms with E-state index in [-0.39, 0.29) is 0 Å². The zero-order valence-electron chi connectivity index (χ0n) is 15.5. The highest BCUT2D eigenvalue weighted by atomic mass is 16.5. The fraction of sp³-hybridized carbons (Fsp3) is 0.348. The Labute approximate surface area is 155 Å². The van der Waals surface area contributed by atoms with Gasteiger partial charge < -0.3 is 9.15 Å². The largest absolute Gasteiger partial charge is 0.493 e. The molecule has 26 heavy (non-hydrogen) atoms. The molecule has 3 heteroatoms. The molecule has 0 fully saturated rings. The molecule has 0 amide bonds. The second-order valence-corrected chi connectivity index (χ2v) is 6.99. The minimum Gasteiger partial charge on any atom is -0.493 e. The maximum Gasteiger partial charge on any atom is 0.226 e. The van der Waals surface area contributed by atoms with E-state index in [1.165, 1.54) is 36.0 Å². The standard InChI is InChI=1S/C23H25NO2/c1-3-22-21(24-23(26-22)18-9-7-16(2)8-10-18)13-14-25-20-12-11-17-5-4-6-19(17)15-20/h7-12,15H,3-6,13-14H2,1-2H3. The van der Waals surface area contributed by atoms with Gasteiger partial charge in [-0.1, -0.05) is 30.7 Å². The molecular weight excluding hydrogens is 322 g/mol. The topological polar surface area (TPSA) is 35.3 Å². The molecule has 0 aliphatic heterocycles. The van der Waals surface area contributed by atoms with Gasteiger partial charge in [-0.05, 0) is 61.6 Å². The van der Waals surface area contributed by atoms with Crippen molar-refractivity contribution >= 4 is 0 Å². The van der Waals surface area contributed by atoms with Crippen LogP contribution < -0.4 is 4.74 Å². The van der Waals surface area contributed by atoms with Crippen LogP contribution in [0.2, 0.25) is 0 Å². The average molecular weight is 347 g/mol. The summed E-state index contributed by atoms with van der Waals surface area (Å²) in [4.78, 5) is 4.72. The molecule has 0 N–H and O–H groups in total. The van der Waals surface area contributed by atoms with Gasteiger partial charge in [-0.3, -0.25) is 0 Å². The first-order chi connectivity index (χ1) is 12.7. The van der Waals surface area contributed by atoms with Gasteiger partial charge in [0.25, 0.3) is 0 Å². The predicted octanol–water partition coefficient (Wildman–Crippen LogP) is 5.32. The number of rotatable bonds is 6. The first kappa shape index (κ1) is 16.9. The third kappa shape index (κ3) is 3.52. The summed E-state index contributed by atoms with van der Waals surface area (Å²) in [5.41, 5.74) is 6.18. The Kier molecular flexibility index (Phi) is 4.79. The zero-order valence-corrected chi connectivity index (χ0v) is 15.5. The number of hydrogen-bond donors (Lipinski definition) is 0. The van der Waals surface area contributed by atoms with E-state index >= 15 is 0 Å². The van der Waals surface area contributed by atoms with Gasteiger partial charge in [0.05, 0.1) is 12.3 Å². The van der Waals surface area contributed by atoms with Crippen molar-refractivity contribution in [2.75, 3.05) is 6.61 Å². The highest BCUT2D eigenvalue weighted by molar-refractivity contribution is 5.54. The lowest BCUT2D eigenvalue weighted by molar-refractivity contribution is 0.319. The van der Waals surface area contributed by atoms with Crippen LogP contribution in [0.4, 0.5) is 0 Å². The Balaban J connectivity index is 1.43. The maximum absolute atomic E-state index is 5.99. The summed E-state index contributed by atoms with van der Waals surface area (Å²) in [5.74, 6) is 2.62. The van der Waals surface area contributed by atoms with E-state index in [2.05, 4.69) is 56.3 Å². The van der Waals surface area contributed by atoms with E-state index < -0.39 is 0 Å². The van der Waals surface area contributed by atoms with Gasteiger partial charge in [-0.25, -0.2) is 4.98 Å². The fourth-order valence-corrected chi connectivity index (χ4v) is 3.58. The van der Waals surface area contributed by atoms with E-state index in [9.17, 15) is 0 Å². The van der Waals surface area contributed by atoms with E-state index in [1.807, 2.05) is 0 Å². The Morgan fingerprint density at radius 1 is 1.04 bits per heavy atom. The third-order valence-corrected chi connectivity index (χ3v) is 5.08. The van der Waals surface area contributed by atoms with Gasteiger partial charge in [0.15, 0.2) is 0 Å². The second kappa shape index (κ2) is 7.36. The summed E-state index contributed by atoms with van der Waals surface area (Å²) in [6.07, 6.45) is 5.24. The van der Waals surface area contributed by atoms with Crippen LogP contribution in [-0.4, -0.2) is 11.6 Å². The number of benzene rings is 2. The number of aryl methyl sites for hydroxylation is 4. The molecule has 134 valence electrons. The molecule has 1 aliphatic carbocycles. The lowest BCUT2D eigenvalue weighted by atomic mass is 10.1. The van der Waals surface area contributed by atoms with E-state index in [0.717, 1.165) is 35.6 Å². The Morgan fingerprint density at radius 2 is 1.85 bits per heavy atom. The number of aromatic nitrogens is 1. The first-order valence-electron chi connectivity index (χ1n) is 9.53. The van der Waals surface area contributed by atoms with Crippen molar-refractivity contribution in [2.24, 2.45) is 0 Å². The first-order valence-corrected chi connectivity index (χ1v) is 9.53. The Morgan fingerprint density at radius 3 is 2.65 bits per heavy atom. The maximum atomic E-state index is 5.99. The zero-order chi connectivity index (χ0) is 17.9. The van der Waals surface area contributed by atoms with Crippen LogP contribution in [0.15, 0.2) is 46.9 Å². The van der Waals surface area contributed by atoms with Gasteiger partial charge in [0.2, 0.25) is 5.89 Å². The second-order valence-electron chi connectivity index (χ2n) is 6.99. The van der Waals surface area contributed by atoms with Crippen molar-refractivity contribution in [3.63, 3.8) is 0 Å². The molecule has 4 rings (SSSR count). The molecule has 0 saturated carbocycles. The van der Waals surface area contributed by atoms with E-state index in [0.29, 0.717) is 12.5 Å². The molecule has 3 nitrogen and oxygen atoms in total.